The predicted molar refractivity (Wildman–Crippen MR) is 62.2 cm³/mol. The molecule has 0 aliphatic carbocycles. The van der Waals surface area contributed by atoms with E-state index in [0.717, 1.165) is 11.5 Å². The average Bonchev–Trinajstić information content (AvgIpc) is 2.61. The minimum absolute atomic E-state index is 0.103. The van der Waals surface area contributed by atoms with Crippen LogP contribution in [-0.2, 0) is 11.3 Å². The van der Waals surface area contributed by atoms with Gasteiger partial charge in [-0.05, 0) is 19.9 Å². The second kappa shape index (κ2) is 3.89. The average molecular weight is 201 g/mol. The van der Waals surface area contributed by atoms with Crippen LogP contribution in [0.15, 0.2) is 35.8 Å². The van der Waals surface area contributed by atoms with E-state index in [1.54, 1.807) is 0 Å². The quantitative estimate of drug-likeness (QED) is 0.674. The van der Waals surface area contributed by atoms with Gasteiger partial charge in [0.1, 0.15) is 6.61 Å². The highest BCUT2D eigenvalue weighted by atomic mass is 16.5. The Labute approximate surface area is 90.3 Å². The number of aliphatic imine (C=N–C) groups is 1. The van der Waals surface area contributed by atoms with Crippen LogP contribution in [0.25, 0.3) is 0 Å². The highest BCUT2D eigenvalue weighted by Gasteiger charge is 2.19. The lowest BCUT2D eigenvalue weighted by molar-refractivity contribution is 0.310. The van der Waals surface area contributed by atoms with Gasteiger partial charge in [-0.25, -0.2) is 4.99 Å². The molecule has 1 aromatic carbocycles. The van der Waals surface area contributed by atoms with E-state index in [1.165, 1.54) is 11.1 Å². The normalized spacial score (nSPS) is 18.4. The van der Waals surface area contributed by atoms with Gasteiger partial charge in [0, 0.05) is 11.1 Å². The third-order valence-corrected chi connectivity index (χ3v) is 2.52. The first-order chi connectivity index (χ1) is 7.20. The van der Waals surface area contributed by atoms with Crippen molar-refractivity contribution in [1.82, 2.24) is 0 Å². The molecule has 0 aromatic heterocycles. The molecule has 2 heteroatoms. The summed E-state index contributed by atoms with van der Waals surface area (Å²) in [5.41, 5.74) is 3.58. The molecule has 0 radical (unpaired) electrons. The first-order valence-electron chi connectivity index (χ1n) is 5.14. The molecule has 0 spiro atoms. The van der Waals surface area contributed by atoms with Crippen molar-refractivity contribution in [3.8, 4) is 0 Å². The van der Waals surface area contributed by atoms with Crippen LogP contribution in [-0.4, -0.2) is 11.9 Å². The van der Waals surface area contributed by atoms with Crippen LogP contribution in [0.2, 0.25) is 0 Å². The van der Waals surface area contributed by atoms with Gasteiger partial charge in [0.2, 0.25) is 5.90 Å². The standard InChI is InChI=1S/C13H15NO/c1-4-10(3)14-13-12-7-9(2)5-6-11(12)8-15-13/h4-7,10H,1,8H2,2-3H3. The lowest BCUT2D eigenvalue weighted by atomic mass is 10.1. The first-order valence-corrected chi connectivity index (χ1v) is 5.14. The van der Waals surface area contributed by atoms with Crippen LogP contribution in [0.4, 0.5) is 0 Å². The van der Waals surface area contributed by atoms with E-state index >= 15 is 0 Å². The largest absolute Gasteiger partial charge is 0.473 e. The number of rotatable bonds is 2. The van der Waals surface area contributed by atoms with Gasteiger partial charge in [-0.1, -0.05) is 23.8 Å². The van der Waals surface area contributed by atoms with Gasteiger partial charge in [0.05, 0.1) is 6.04 Å². The predicted octanol–water partition coefficient (Wildman–Crippen LogP) is 2.85. The Morgan fingerprint density at radius 1 is 1.53 bits per heavy atom. The molecule has 0 N–H and O–H groups in total. The van der Waals surface area contributed by atoms with Gasteiger partial charge >= 0.3 is 0 Å². The molecule has 0 saturated carbocycles. The van der Waals surface area contributed by atoms with Gasteiger partial charge in [-0.2, -0.15) is 0 Å². The Bertz CT molecular complexity index is 421. The summed E-state index contributed by atoms with van der Waals surface area (Å²) in [7, 11) is 0. The van der Waals surface area contributed by atoms with Crippen molar-refractivity contribution < 1.29 is 4.74 Å². The van der Waals surface area contributed by atoms with Crippen molar-refractivity contribution >= 4 is 5.90 Å². The summed E-state index contributed by atoms with van der Waals surface area (Å²) >= 11 is 0. The lowest BCUT2D eigenvalue weighted by Crippen LogP contribution is -2.03. The summed E-state index contributed by atoms with van der Waals surface area (Å²) in [6, 6.07) is 6.43. The van der Waals surface area contributed by atoms with E-state index in [-0.39, 0.29) is 6.04 Å². The van der Waals surface area contributed by atoms with Gasteiger partial charge in [0.25, 0.3) is 0 Å². The molecule has 2 rings (SSSR count). The molecule has 0 saturated heterocycles. The molecule has 15 heavy (non-hydrogen) atoms. The molecule has 1 unspecified atom stereocenters. The monoisotopic (exact) mass is 201 g/mol. The molecule has 1 aromatic rings. The molecule has 78 valence electrons. The summed E-state index contributed by atoms with van der Waals surface area (Å²) < 4.78 is 5.55. The zero-order valence-electron chi connectivity index (χ0n) is 9.16. The molecule has 1 atom stereocenters. The molecule has 1 heterocycles. The van der Waals surface area contributed by atoms with Gasteiger partial charge in [0.15, 0.2) is 0 Å². The number of hydrogen-bond acceptors (Lipinski definition) is 2. The summed E-state index contributed by atoms with van der Waals surface area (Å²) in [6.45, 7) is 8.42. The summed E-state index contributed by atoms with van der Waals surface area (Å²) in [6.07, 6.45) is 1.81. The van der Waals surface area contributed by atoms with Crippen molar-refractivity contribution in [2.45, 2.75) is 26.5 Å². The van der Waals surface area contributed by atoms with Crippen molar-refractivity contribution in [3.05, 3.63) is 47.5 Å². The summed E-state index contributed by atoms with van der Waals surface area (Å²) in [5.74, 6) is 0.751. The van der Waals surface area contributed by atoms with Crippen LogP contribution in [0.5, 0.6) is 0 Å². The number of hydrogen-bond donors (Lipinski definition) is 0. The number of aryl methyl sites for hydroxylation is 1. The molecule has 1 aliphatic heterocycles. The SMILES string of the molecule is C=CC(C)N=C1OCc2ccc(C)cc21. The topological polar surface area (TPSA) is 21.6 Å². The smallest absolute Gasteiger partial charge is 0.217 e. The minimum Gasteiger partial charge on any atom is -0.473 e. The lowest BCUT2D eigenvalue weighted by Gasteiger charge is -2.02. The van der Waals surface area contributed by atoms with Crippen molar-refractivity contribution in [1.29, 1.82) is 0 Å². The van der Waals surface area contributed by atoms with E-state index < -0.39 is 0 Å². The minimum atomic E-state index is 0.103. The Morgan fingerprint density at radius 2 is 2.33 bits per heavy atom. The van der Waals surface area contributed by atoms with Gasteiger partial charge in [-0.3, -0.25) is 0 Å². The fraction of sp³-hybridized carbons (Fsp3) is 0.308. The van der Waals surface area contributed by atoms with E-state index in [2.05, 4.69) is 36.7 Å². The van der Waals surface area contributed by atoms with Crippen LogP contribution in [0, 0.1) is 6.92 Å². The molecular weight excluding hydrogens is 186 g/mol. The summed E-state index contributed by atoms with van der Waals surface area (Å²) in [5, 5.41) is 0. The molecule has 0 fully saturated rings. The molecule has 0 amide bonds. The van der Waals surface area contributed by atoms with Gasteiger partial charge in [-0.15, -0.1) is 6.58 Å². The molecular formula is C13H15NO. The third kappa shape index (κ3) is 1.94. The van der Waals surface area contributed by atoms with Crippen LogP contribution < -0.4 is 0 Å². The zero-order valence-corrected chi connectivity index (χ0v) is 9.16. The Morgan fingerprint density at radius 3 is 3.07 bits per heavy atom. The van der Waals surface area contributed by atoms with Crippen molar-refractivity contribution in [3.63, 3.8) is 0 Å². The number of fused-ring (bicyclic) bond motifs is 1. The van der Waals surface area contributed by atoms with Gasteiger partial charge < -0.3 is 4.74 Å². The molecule has 1 aliphatic rings. The summed E-state index contributed by atoms with van der Waals surface area (Å²) in [4.78, 5) is 4.45. The Kier molecular flexibility index (Phi) is 2.58. The second-order valence-electron chi connectivity index (χ2n) is 3.86. The maximum Gasteiger partial charge on any atom is 0.217 e. The Hall–Kier alpha value is -1.57. The zero-order chi connectivity index (χ0) is 10.8. The van der Waals surface area contributed by atoms with E-state index in [0.29, 0.717) is 6.61 Å². The maximum atomic E-state index is 5.55. The second-order valence-corrected chi connectivity index (χ2v) is 3.86. The molecule has 0 bridgehead atoms. The van der Waals surface area contributed by atoms with E-state index in [4.69, 9.17) is 4.74 Å². The highest BCUT2D eigenvalue weighted by molar-refractivity contribution is 5.98. The van der Waals surface area contributed by atoms with E-state index in [9.17, 15) is 0 Å². The number of nitrogens with zero attached hydrogens (tertiary/aromatic N) is 1. The van der Waals surface area contributed by atoms with Crippen LogP contribution in [0.3, 0.4) is 0 Å². The first kappa shape index (κ1) is 9.97. The van der Waals surface area contributed by atoms with Crippen molar-refractivity contribution in [2.24, 2.45) is 4.99 Å². The Balaban J connectivity index is 2.39. The highest BCUT2D eigenvalue weighted by Crippen LogP contribution is 2.22. The molecule has 2 nitrogen and oxygen atoms in total. The van der Waals surface area contributed by atoms with Crippen molar-refractivity contribution in [2.75, 3.05) is 0 Å². The number of ether oxygens (including phenoxy) is 1. The van der Waals surface area contributed by atoms with E-state index in [1.807, 2.05) is 13.0 Å². The van der Waals surface area contributed by atoms with Crippen LogP contribution >= 0.6 is 0 Å². The maximum absolute atomic E-state index is 5.55. The van der Waals surface area contributed by atoms with Crippen LogP contribution in [0.1, 0.15) is 23.6 Å². The fourth-order valence-corrected chi connectivity index (χ4v) is 1.58. The fourth-order valence-electron chi connectivity index (χ4n) is 1.58. The third-order valence-electron chi connectivity index (χ3n) is 2.52. The number of benzene rings is 1.